The molecule has 1 heterocycles. The van der Waals surface area contributed by atoms with Gasteiger partial charge in [-0.3, -0.25) is 9.78 Å². The minimum atomic E-state index is -0.816. The number of anilines is 1. The van der Waals surface area contributed by atoms with Crippen molar-refractivity contribution in [3.8, 4) is 0 Å². The van der Waals surface area contributed by atoms with Gasteiger partial charge in [-0.15, -0.1) is 0 Å². The van der Waals surface area contributed by atoms with Crippen molar-refractivity contribution in [1.29, 1.82) is 0 Å². The van der Waals surface area contributed by atoms with Gasteiger partial charge in [0.05, 0.1) is 5.56 Å². The Morgan fingerprint density at radius 3 is 2.39 bits per heavy atom. The first-order valence-corrected chi connectivity index (χ1v) is 5.26. The van der Waals surface area contributed by atoms with Crippen LogP contribution in [0.1, 0.15) is 16.1 Å². The number of para-hydroxylation sites is 1. The Kier molecular flexibility index (Phi) is 3.32. The number of halogens is 2. The molecule has 0 aliphatic heterocycles. The largest absolute Gasteiger partial charge is 0.317 e. The Labute approximate surface area is 102 Å². The van der Waals surface area contributed by atoms with Crippen molar-refractivity contribution in [2.45, 2.75) is 6.92 Å². The molecule has 1 aromatic heterocycles. The van der Waals surface area contributed by atoms with E-state index in [0.29, 0.717) is 0 Å². The van der Waals surface area contributed by atoms with Crippen LogP contribution in [-0.4, -0.2) is 10.9 Å². The van der Waals surface area contributed by atoms with Gasteiger partial charge in [-0.1, -0.05) is 6.07 Å². The summed E-state index contributed by atoms with van der Waals surface area (Å²) >= 11 is 0. The fraction of sp³-hybridized carbons (Fsp3) is 0.0769. The SMILES string of the molecule is Cc1ccc(C(=O)Nc2c(F)cccc2F)cn1. The average molecular weight is 248 g/mol. The predicted molar refractivity (Wildman–Crippen MR) is 63.3 cm³/mol. The third kappa shape index (κ3) is 2.51. The number of pyridine rings is 1. The van der Waals surface area contributed by atoms with Crippen LogP contribution in [-0.2, 0) is 0 Å². The van der Waals surface area contributed by atoms with Gasteiger partial charge in [0.2, 0.25) is 0 Å². The van der Waals surface area contributed by atoms with Gasteiger partial charge in [0.15, 0.2) is 0 Å². The summed E-state index contributed by atoms with van der Waals surface area (Å²) in [7, 11) is 0. The topological polar surface area (TPSA) is 42.0 Å². The summed E-state index contributed by atoms with van der Waals surface area (Å²) in [5, 5.41) is 2.19. The van der Waals surface area contributed by atoms with Gasteiger partial charge in [-0.05, 0) is 31.2 Å². The molecule has 0 aliphatic carbocycles. The second-order valence-corrected chi connectivity index (χ2v) is 3.74. The lowest BCUT2D eigenvalue weighted by molar-refractivity contribution is 0.102. The number of aromatic nitrogens is 1. The van der Waals surface area contributed by atoms with E-state index in [1.54, 1.807) is 13.0 Å². The highest BCUT2D eigenvalue weighted by atomic mass is 19.1. The highest BCUT2D eigenvalue weighted by Gasteiger charge is 2.13. The van der Waals surface area contributed by atoms with Gasteiger partial charge >= 0.3 is 0 Å². The van der Waals surface area contributed by atoms with Gasteiger partial charge in [-0.25, -0.2) is 8.78 Å². The smallest absolute Gasteiger partial charge is 0.257 e. The van der Waals surface area contributed by atoms with Crippen molar-refractivity contribution in [3.63, 3.8) is 0 Å². The zero-order valence-electron chi connectivity index (χ0n) is 9.58. The van der Waals surface area contributed by atoms with Crippen molar-refractivity contribution in [2.24, 2.45) is 0 Å². The van der Waals surface area contributed by atoms with Crippen LogP contribution in [0, 0.1) is 18.6 Å². The predicted octanol–water partition coefficient (Wildman–Crippen LogP) is 2.92. The first-order valence-electron chi connectivity index (χ1n) is 5.26. The fourth-order valence-corrected chi connectivity index (χ4v) is 1.41. The average Bonchev–Trinajstić information content (AvgIpc) is 2.34. The number of amides is 1. The van der Waals surface area contributed by atoms with E-state index >= 15 is 0 Å². The van der Waals surface area contributed by atoms with Gasteiger partial charge in [0.25, 0.3) is 5.91 Å². The summed E-state index contributed by atoms with van der Waals surface area (Å²) < 4.78 is 26.6. The molecule has 0 atom stereocenters. The molecule has 1 amide bonds. The second-order valence-electron chi connectivity index (χ2n) is 3.74. The molecule has 0 spiro atoms. The van der Waals surface area contributed by atoms with E-state index in [4.69, 9.17) is 0 Å². The number of nitrogens with one attached hydrogen (secondary N) is 1. The number of hydrogen-bond donors (Lipinski definition) is 1. The zero-order valence-corrected chi connectivity index (χ0v) is 9.58. The van der Waals surface area contributed by atoms with E-state index in [-0.39, 0.29) is 5.56 Å². The quantitative estimate of drug-likeness (QED) is 0.887. The molecule has 5 heteroatoms. The molecule has 0 saturated carbocycles. The Bertz CT molecular complexity index is 562. The van der Waals surface area contributed by atoms with E-state index in [2.05, 4.69) is 10.3 Å². The van der Waals surface area contributed by atoms with Crippen LogP contribution >= 0.6 is 0 Å². The van der Waals surface area contributed by atoms with Crippen LogP contribution in [0.15, 0.2) is 36.5 Å². The lowest BCUT2D eigenvalue weighted by atomic mass is 10.2. The number of rotatable bonds is 2. The maximum Gasteiger partial charge on any atom is 0.257 e. The summed E-state index contributed by atoms with van der Waals surface area (Å²) in [5.74, 6) is -2.24. The molecule has 3 nitrogen and oxygen atoms in total. The third-order valence-corrected chi connectivity index (χ3v) is 2.37. The highest BCUT2D eigenvalue weighted by molar-refractivity contribution is 6.04. The molecule has 0 aliphatic rings. The number of aryl methyl sites for hydroxylation is 1. The Balaban J connectivity index is 2.24. The minimum absolute atomic E-state index is 0.239. The second kappa shape index (κ2) is 4.91. The summed E-state index contributed by atoms with van der Waals surface area (Å²) in [6, 6.07) is 6.56. The van der Waals surface area contributed by atoms with Crippen molar-refractivity contribution in [1.82, 2.24) is 4.98 Å². The van der Waals surface area contributed by atoms with Gasteiger partial charge in [-0.2, -0.15) is 0 Å². The van der Waals surface area contributed by atoms with Crippen LogP contribution < -0.4 is 5.32 Å². The van der Waals surface area contributed by atoms with Crippen LogP contribution in [0.4, 0.5) is 14.5 Å². The number of carbonyl (C=O) groups excluding carboxylic acids is 1. The van der Waals surface area contributed by atoms with E-state index in [9.17, 15) is 13.6 Å². The minimum Gasteiger partial charge on any atom is -0.317 e. The third-order valence-electron chi connectivity index (χ3n) is 2.37. The van der Waals surface area contributed by atoms with E-state index in [0.717, 1.165) is 17.8 Å². The standard InChI is InChI=1S/C13H10F2N2O/c1-8-5-6-9(7-16-8)13(18)17-12-10(14)3-2-4-11(12)15/h2-7H,1H3,(H,17,18). The maximum atomic E-state index is 13.3. The Morgan fingerprint density at radius 2 is 1.83 bits per heavy atom. The molecule has 0 unspecified atom stereocenters. The molecule has 18 heavy (non-hydrogen) atoms. The van der Waals surface area contributed by atoms with Crippen LogP contribution in [0.25, 0.3) is 0 Å². The molecular formula is C13H10F2N2O. The number of nitrogens with zero attached hydrogens (tertiary/aromatic N) is 1. The summed E-state index contributed by atoms with van der Waals surface area (Å²) in [6.45, 7) is 1.78. The molecule has 2 rings (SSSR count). The Hall–Kier alpha value is -2.30. The Morgan fingerprint density at radius 1 is 1.17 bits per heavy atom. The highest BCUT2D eigenvalue weighted by Crippen LogP contribution is 2.18. The van der Waals surface area contributed by atoms with E-state index in [1.165, 1.54) is 18.3 Å². The molecule has 1 aromatic carbocycles. The van der Waals surface area contributed by atoms with E-state index in [1.807, 2.05) is 0 Å². The number of hydrogen-bond acceptors (Lipinski definition) is 2. The normalized spacial score (nSPS) is 10.2. The number of benzene rings is 1. The van der Waals surface area contributed by atoms with E-state index < -0.39 is 23.2 Å². The van der Waals surface area contributed by atoms with Crippen molar-refractivity contribution in [2.75, 3.05) is 5.32 Å². The zero-order chi connectivity index (χ0) is 13.1. The molecule has 0 saturated heterocycles. The molecule has 0 fully saturated rings. The molecule has 0 bridgehead atoms. The van der Waals surface area contributed by atoms with Crippen molar-refractivity contribution >= 4 is 11.6 Å². The van der Waals surface area contributed by atoms with Crippen molar-refractivity contribution < 1.29 is 13.6 Å². The van der Waals surface area contributed by atoms with Crippen molar-refractivity contribution in [3.05, 3.63) is 59.4 Å². The number of carbonyl (C=O) groups is 1. The van der Waals surface area contributed by atoms with Crippen LogP contribution in [0.2, 0.25) is 0 Å². The van der Waals surface area contributed by atoms with Gasteiger partial charge in [0.1, 0.15) is 17.3 Å². The molecule has 92 valence electrons. The molecular weight excluding hydrogens is 238 g/mol. The lowest BCUT2D eigenvalue weighted by Gasteiger charge is -2.07. The maximum absolute atomic E-state index is 13.3. The lowest BCUT2D eigenvalue weighted by Crippen LogP contribution is -2.14. The monoisotopic (exact) mass is 248 g/mol. The van der Waals surface area contributed by atoms with Crippen LogP contribution in [0.3, 0.4) is 0 Å². The molecule has 1 N–H and O–H groups in total. The van der Waals surface area contributed by atoms with Crippen LogP contribution in [0.5, 0.6) is 0 Å². The summed E-state index contributed by atoms with van der Waals surface area (Å²) in [5.41, 5.74) is 0.537. The molecule has 0 radical (unpaired) electrons. The first kappa shape index (κ1) is 12.2. The fourth-order valence-electron chi connectivity index (χ4n) is 1.41. The molecule has 2 aromatic rings. The first-order chi connectivity index (χ1) is 8.58. The summed E-state index contributed by atoms with van der Waals surface area (Å²) in [4.78, 5) is 15.7. The van der Waals surface area contributed by atoms with Gasteiger partial charge < -0.3 is 5.32 Å². The summed E-state index contributed by atoms with van der Waals surface area (Å²) in [6.07, 6.45) is 1.35. The van der Waals surface area contributed by atoms with Gasteiger partial charge in [0, 0.05) is 11.9 Å².